The van der Waals surface area contributed by atoms with Crippen LogP contribution in [0.4, 0.5) is 0 Å². The molecule has 25 heavy (non-hydrogen) atoms. The third-order valence-corrected chi connectivity index (χ3v) is 3.87. The van der Waals surface area contributed by atoms with Crippen LogP contribution in [0.3, 0.4) is 0 Å². The van der Waals surface area contributed by atoms with E-state index in [0.29, 0.717) is 18.7 Å². The maximum atomic E-state index is 12.0. The highest BCUT2D eigenvalue weighted by Crippen LogP contribution is 1.97. The van der Waals surface area contributed by atoms with Crippen molar-refractivity contribution in [3.05, 3.63) is 35.9 Å². The zero-order valence-electron chi connectivity index (χ0n) is 15.0. The summed E-state index contributed by atoms with van der Waals surface area (Å²) in [5, 5.41) is 9.37. The van der Waals surface area contributed by atoms with Gasteiger partial charge in [0, 0.05) is 44.8 Å². The van der Waals surface area contributed by atoms with E-state index in [2.05, 4.69) is 25.8 Å². The third kappa shape index (κ3) is 7.53. The average molecular weight is 347 g/mol. The zero-order chi connectivity index (χ0) is 17.7. The molecule has 2 rings (SSSR count). The van der Waals surface area contributed by atoms with Crippen LogP contribution in [0.25, 0.3) is 0 Å². The normalized spacial score (nSPS) is 15.6. The van der Waals surface area contributed by atoms with Gasteiger partial charge in [0.25, 0.3) is 5.91 Å². The average Bonchev–Trinajstić information content (AvgIpc) is 2.66. The number of nitrogens with zero attached hydrogens (tertiary/aromatic N) is 2. The van der Waals surface area contributed by atoms with Gasteiger partial charge in [-0.3, -0.25) is 14.7 Å². The van der Waals surface area contributed by atoms with Gasteiger partial charge in [0.1, 0.15) is 0 Å². The SMILES string of the molecule is CCNC(=NCCN1CCOCC1)NCCNC(=O)c1ccccc1. The van der Waals surface area contributed by atoms with Crippen LogP contribution in [0.1, 0.15) is 17.3 Å². The number of benzene rings is 1. The molecule has 0 radical (unpaired) electrons. The van der Waals surface area contributed by atoms with E-state index in [1.807, 2.05) is 25.1 Å². The number of aliphatic imine (C=N–C) groups is 1. The van der Waals surface area contributed by atoms with E-state index < -0.39 is 0 Å². The Balaban J connectivity index is 1.66. The molecule has 7 heteroatoms. The van der Waals surface area contributed by atoms with Crippen LogP contribution < -0.4 is 16.0 Å². The number of carbonyl (C=O) groups excluding carboxylic acids is 1. The third-order valence-electron chi connectivity index (χ3n) is 3.87. The monoisotopic (exact) mass is 347 g/mol. The smallest absolute Gasteiger partial charge is 0.251 e. The van der Waals surface area contributed by atoms with Crippen molar-refractivity contribution in [1.29, 1.82) is 0 Å². The molecule has 0 spiro atoms. The summed E-state index contributed by atoms with van der Waals surface area (Å²) in [5.41, 5.74) is 0.675. The topological polar surface area (TPSA) is 78.0 Å². The van der Waals surface area contributed by atoms with Gasteiger partial charge in [-0.15, -0.1) is 0 Å². The van der Waals surface area contributed by atoms with Gasteiger partial charge >= 0.3 is 0 Å². The largest absolute Gasteiger partial charge is 0.379 e. The Morgan fingerprint density at radius 2 is 1.84 bits per heavy atom. The molecule has 0 atom stereocenters. The number of hydrogen-bond donors (Lipinski definition) is 3. The Morgan fingerprint density at radius 1 is 1.12 bits per heavy atom. The molecular formula is C18H29N5O2. The summed E-state index contributed by atoms with van der Waals surface area (Å²) in [5.74, 6) is 0.723. The summed E-state index contributed by atoms with van der Waals surface area (Å²) >= 11 is 0. The van der Waals surface area contributed by atoms with Gasteiger partial charge in [0.05, 0.1) is 19.8 Å². The lowest BCUT2D eigenvalue weighted by Crippen LogP contribution is -2.42. The van der Waals surface area contributed by atoms with E-state index in [-0.39, 0.29) is 5.91 Å². The van der Waals surface area contributed by atoms with Gasteiger partial charge in [-0.05, 0) is 19.1 Å². The van der Waals surface area contributed by atoms with Gasteiger partial charge in [-0.25, -0.2) is 0 Å². The van der Waals surface area contributed by atoms with Crippen LogP contribution in [-0.2, 0) is 4.74 Å². The molecule has 0 aliphatic carbocycles. The molecular weight excluding hydrogens is 318 g/mol. The molecule has 1 fully saturated rings. The molecule has 1 aliphatic rings. The first-order chi connectivity index (χ1) is 12.3. The van der Waals surface area contributed by atoms with Crippen LogP contribution in [0, 0.1) is 0 Å². The number of amides is 1. The van der Waals surface area contributed by atoms with E-state index in [1.165, 1.54) is 0 Å². The van der Waals surface area contributed by atoms with Crippen LogP contribution in [0.2, 0.25) is 0 Å². The van der Waals surface area contributed by atoms with Gasteiger partial charge in [0.2, 0.25) is 0 Å². The predicted octanol–water partition coefficient (Wildman–Crippen LogP) is 0.304. The molecule has 0 unspecified atom stereocenters. The fourth-order valence-corrected chi connectivity index (χ4v) is 2.52. The Hall–Kier alpha value is -2.12. The van der Waals surface area contributed by atoms with Crippen LogP contribution in [0.15, 0.2) is 35.3 Å². The van der Waals surface area contributed by atoms with E-state index in [4.69, 9.17) is 4.74 Å². The second-order valence-electron chi connectivity index (χ2n) is 5.76. The molecule has 1 aromatic rings. The predicted molar refractivity (Wildman–Crippen MR) is 100 cm³/mol. The number of rotatable bonds is 8. The lowest BCUT2D eigenvalue weighted by atomic mass is 10.2. The highest BCUT2D eigenvalue weighted by molar-refractivity contribution is 5.94. The van der Waals surface area contributed by atoms with Crippen molar-refractivity contribution in [2.75, 3.05) is 59.0 Å². The summed E-state index contributed by atoms with van der Waals surface area (Å²) in [4.78, 5) is 18.9. The van der Waals surface area contributed by atoms with E-state index in [9.17, 15) is 4.79 Å². The van der Waals surface area contributed by atoms with Crippen molar-refractivity contribution in [2.45, 2.75) is 6.92 Å². The molecule has 0 bridgehead atoms. The Bertz CT molecular complexity index is 530. The number of ether oxygens (including phenoxy) is 1. The van der Waals surface area contributed by atoms with E-state index in [1.54, 1.807) is 12.1 Å². The summed E-state index contributed by atoms with van der Waals surface area (Å²) in [6.07, 6.45) is 0. The fraction of sp³-hybridized carbons (Fsp3) is 0.556. The fourth-order valence-electron chi connectivity index (χ4n) is 2.52. The molecule has 1 heterocycles. The highest BCUT2D eigenvalue weighted by atomic mass is 16.5. The maximum Gasteiger partial charge on any atom is 0.251 e. The van der Waals surface area contributed by atoms with Crippen molar-refractivity contribution in [1.82, 2.24) is 20.9 Å². The second-order valence-corrected chi connectivity index (χ2v) is 5.76. The van der Waals surface area contributed by atoms with Gasteiger partial charge in [-0.2, -0.15) is 0 Å². The first-order valence-corrected chi connectivity index (χ1v) is 8.95. The molecule has 0 aromatic heterocycles. The first-order valence-electron chi connectivity index (χ1n) is 8.95. The zero-order valence-corrected chi connectivity index (χ0v) is 15.0. The van der Waals surface area contributed by atoms with Crippen molar-refractivity contribution in [3.63, 3.8) is 0 Å². The Morgan fingerprint density at radius 3 is 2.56 bits per heavy atom. The van der Waals surface area contributed by atoms with E-state index in [0.717, 1.165) is 51.9 Å². The highest BCUT2D eigenvalue weighted by Gasteiger charge is 2.09. The summed E-state index contributed by atoms with van der Waals surface area (Å²) in [7, 11) is 0. The Labute approximate surface area is 149 Å². The van der Waals surface area contributed by atoms with Gasteiger partial charge in [0.15, 0.2) is 5.96 Å². The summed E-state index contributed by atoms with van der Waals surface area (Å²) in [6.45, 7) is 9.26. The maximum absolute atomic E-state index is 12.0. The Kier molecular flexibility index (Phi) is 8.79. The number of guanidine groups is 1. The summed E-state index contributed by atoms with van der Waals surface area (Å²) < 4.78 is 5.35. The van der Waals surface area contributed by atoms with Crippen molar-refractivity contribution in [2.24, 2.45) is 4.99 Å². The number of nitrogens with one attached hydrogen (secondary N) is 3. The number of hydrogen-bond acceptors (Lipinski definition) is 4. The molecule has 138 valence electrons. The molecule has 1 aromatic carbocycles. The van der Waals surface area contributed by atoms with Crippen LogP contribution in [0.5, 0.6) is 0 Å². The second kappa shape index (κ2) is 11.4. The van der Waals surface area contributed by atoms with E-state index >= 15 is 0 Å². The van der Waals surface area contributed by atoms with Gasteiger partial charge < -0.3 is 20.7 Å². The lowest BCUT2D eigenvalue weighted by Gasteiger charge is -2.25. The minimum Gasteiger partial charge on any atom is -0.379 e. The minimum atomic E-state index is -0.0587. The molecule has 3 N–H and O–H groups in total. The van der Waals surface area contributed by atoms with Crippen molar-refractivity contribution < 1.29 is 9.53 Å². The molecule has 1 amide bonds. The molecule has 0 saturated carbocycles. The van der Waals surface area contributed by atoms with Crippen LogP contribution >= 0.6 is 0 Å². The van der Waals surface area contributed by atoms with Gasteiger partial charge in [-0.1, -0.05) is 18.2 Å². The van der Waals surface area contributed by atoms with Crippen LogP contribution in [-0.4, -0.2) is 75.8 Å². The molecule has 1 saturated heterocycles. The first kappa shape index (κ1) is 19.2. The van der Waals surface area contributed by atoms with Crippen molar-refractivity contribution in [3.8, 4) is 0 Å². The van der Waals surface area contributed by atoms with Crippen molar-refractivity contribution >= 4 is 11.9 Å². The summed E-state index contributed by atoms with van der Waals surface area (Å²) in [6, 6.07) is 9.23. The number of carbonyl (C=O) groups is 1. The molecule has 1 aliphatic heterocycles. The number of morpholine rings is 1. The molecule has 7 nitrogen and oxygen atoms in total. The standard InChI is InChI=1S/C18H29N5O2/c1-2-19-18(22-10-11-23-12-14-25-15-13-23)21-9-8-20-17(24)16-6-4-3-5-7-16/h3-7H,2,8-15H2,1H3,(H,20,24)(H2,19,21,22). The quantitative estimate of drug-likeness (QED) is 0.358. The minimum absolute atomic E-state index is 0.0587. The lowest BCUT2D eigenvalue weighted by molar-refractivity contribution is 0.0394.